The molecule has 3 N–H and O–H groups in total. The first-order chi connectivity index (χ1) is 9.66. The maximum Gasteiger partial charge on any atom is 0.335 e. The zero-order valence-corrected chi connectivity index (χ0v) is 11.4. The van der Waals surface area contributed by atoms with Crippen molar-refractivity contribution in [1.29, 1.82) is 0 Å². The fraction of sp³-hybridized carbons (Fsp3) is 0.533. The zero-order valence-electron chi connectivity index (χ0n) is 11.4. The van der Waals surface area contributed by atoms with Gasteiger partial charge in [0.1, 0.15) is 12.4 Å². The summed E-state index contributed by atoms with van der Waals surface area (Å²) in [5.74, 6) is -0.0401. The van der Waals surface area contributed by atoms with Gasteiger partial charge >= 0.3 is 5.97 Å². The van der Waals surface area contributed by atoms with Crippen molar-refractivity contribution in [2.75, 3.05) is 19.7 Å². The van der Waals surface area contributed by atoms with Gasteiger partial charge in [-0.15, -0.1) is 0 Å². The van der Waals surface area contributed by atoms with Crippen LogP contribution in [0.3, 0.4) is 0 Å². The van der Waals surface area contributed by atoms with Crippen molar-refractivity contribution in [2.24, 2.45) is 5.92 Å². The van der Waals surface area contributed by atoms with Crippen molar-refractivity contribution >= 4 is 5.97 Å². The average Bonchev–Trinajstić information content (AvgIpc) is 2.84. The molecular weight excluding hydrogens is 258 g/mol. The van der Waals surface area contributed by atoms with Crippen molar-refractivity contribution < 1.29 is 19.7 Å². The number of hydrogen-bond acceptors (Lipinski definition) is 4. The molecule has 1 fully saturated rings. The summed E-state index contributed by atoms with van der Waals surface area (Å²) in [6, 6.07) is 6.46. The molecule has 20 heavy (non-hydrogen) atoms. The zero-order chi connectivity index (χ0) is 14.4. The number of aliphatic hydroxyl groups excluding tert-OH is 1. The number of aromatic carboxylic acids is 1. The summed E-state index contributed by atoms with van der Waals surface area (Å²) in [7, 11) is 0. The van der Waals surface area contributed by atoms with Gasteiger partial charge < -0.3 is 20.3 Å². The van der Waals surface area contributed by atoms with E-state index in [1.165, 1.54) is 12.1 Å². The molecule has 5 nitrogen and oxygen atoms in total. The maximum absolute atomic E-state index is 10.8. The summed E-state index contributed by atoms with van der Waals surface area (Å²) in [5, 5.41) is 21.8. The lowest BCUT2D eigenvalue weighted by Gasteiger charge is -2.15. The molecule has 2 atom stereocenters. The van der Waals surface area contributed by atoms with Crippen LogP contribution < -0.4 is 10.1 Å². The number of aliphatic hydroxyl groups is 1. The SMILES string of the molecule is O=C(O)c1cccc(OCCNCC2CCCC2O)c1. The van der Waals surface area contributed by atoms with Gasteiger partial charge in [0.15, 0.2) is 0 Å². The minimum atomic E-state index is -0.955. The molecule has 1 aliphatic carbocycles. The Hall–Kier alpha value is -1.59. The van der Waals surface area contributed by atoms with Crippen molar-refractivity contribution in [1.82, 2.24) is 5.32 Å². The molecule has 2 unspecified atom stereocenters. The molecule has 0 radical (unpaired) electrons. The molecule has 0 amide bonds. The van der Waals surface area contributed by atoms with Crippen molar-refractivity contribution in [3.05, 3.63) is 29.8 Å². The Balaban J connectivity index is 1.65. The molecule has 1 aromatic carbocycles. The Kier molecular flexibility index (Phi) is 5.38. The summed E-state index contributed by atoms with van der Waals surface area (Å²) in [5.41, 5.74) is 0.226. The van der Waals surface area contributed by atoms with Crippen LogP contribution in [0.15, 0.2) is 24.3 Å². The topological polar surface area (TPSA) is 78.8 Å². The molecule has 5 heteroatoms. The van der Waals surface area contributed by atoms with Gasteiger partial charge in [-0.3, -0.25) is 0 Å². The van der Waals surface area contributed by atoms with Crippen LogP contribution in [0.5, 0.6) is 5.75 Å². The average molecular weight is 279 g/mol. The number of rotatable bonds is 7. The molecule has 0 saturated heterocycles. The third kappa shape index (κ3) is 4.21. The van der Waals surface area contributed by atoms with Gasteiger partial charge in [-0.2, -0.15) is 0 Å². The summed E-state index contributed by atoms with van der Waals surface area (Å²) >= 11 is 0. The first-order valence-electron chi connectivity index (χ1n) is 7.02. The van der Waals surface area contributed by atoms with Crippen LogP contribution in [-0.4, -0.2) is 42.0 Å². The van der Waals surface area contributed by atoms with E-state index in [4.69, 9.17) is 9.84 Å². The molecule has 2 rings (SSSR count). The predicted molar refractivity (Wildman–Crippen MR) is 75.1 cm³/mol. The Morgan fingerprint density at radius 1 is 1.40 bits per heavy atom. The highest BCUT2D eigenvalue weighted by atomic mass is 16.5. The van der Waals surface area contributed by atoms with Crippen molar-refractivity contribution in [3.63, 3.8) is 0 Å². The number of ether oxygens (including phenoxy) is 1. The van der Waals surface area contributed by atoms with Gasteiger partial charge in [0.2, 0.25) is 0 Å². The van der Waals surface area contributed by atoms with E-state index in [-0.39, 0.29) is 11.7 Å². The number of carboxylic acid groups (broad SMARTS) is 1. The number of nitrogens with one attached hydrogen (secondary N) is 1. The van der Waals surface area contributed by atoms with Crippen LogP contribution in [0.4, 0.5) is 0 Å². The van der Waals surface area contributed by atoms with E-state index in [1.807, 2.05) is 0 Å². The lowest BCUT2D eigenvalue weighted by molar-refractivity contribution is 0.0696. The molecule has 0 spiro atoms. The molecule has 0 aliphatic heterocycles. The van der Waals surface area contributed by atoms with Gasteiger partial charge in [-0.1, -0.05) is 12.5 Å². The highest BCUT2D eigenvalue weighted by Gasteiger charge is 2.24. The second-order valence-electron chi connectivity index (χ2n) is 5.14. The number of benzene rings is 1. The number of hydrogen-bond donors (Lipinski definition) is 3. The standard InChI is InChI=1S/C15H21NO4/c17-14-6-2-4-12(14)10-16-7-8-20-13-5-1-3-11(9-13)15(18)19/h1,3,5,9,12,14,16-17H,2,4,6-8,10H2,(H,18,19). The number of carboxylic acids is 1. The van der Waals surface area contributed by atoms with Crippen LogP contribution >= 0.6 is 0 Å². The fourth-order valence-electron chi connectivity index (χ4n) is 2.50. The molecular formula is C15H21NO4. The van der Waals surface area contributed by atoms with Gasteiger partial charge in [0, 0.05) is 13.1 Å². The molecule has 1 saturated carbocycles. The smallest absolute Gasteiger partial charge is 0.335 e. The molecule has 0 heterocycles. The molecule has 0 aromatic heterocycles. The minimum absolute atomic E-state index is 0.171. The predicted octanol–water partition coefficient (Wildman–Crippen LogP) is 1.51. The minimum Gasteiger partial charge on any atom is -0.492 e. The summed E-state index contributed by atoms with van der Waals surface area (Å²) in [4.78, 5) is 10.8. The largest absolute Gasteiger partial charge is 0.492 e. The molecule has 1 aromatic rings. The van der Waals surface area contributed by atoms with Gasteiger partial charge in [-0.25, -0.2) is 4.79 Å². The van der Waals surface area contributed by atoms with E-state index in [9.17, 15) is 9.90 Å². The lowest BCUT2D eigenvalue weighted by Crippen LogP contribution is -2.30. The third-order valence-corrected chi connectivity index (χ3v) is 3.65. The van der Waals surface area contributed by atoms with E-state index in [0.717, 1.165) is 25.8 Å². The summed E-state index contributed by atoms with van der Waals surface area (Å²) < 4.78 is 5.50. The molecule has 0 bridgehead atoms. The lowest BCUT2D eigenvalue weighted by atomic mass is 10.1. The van der Waals surface area contributed by atoms with Gasteiger partial charge in [0.05, 0.1) is 11.7 Å². The second kappa shape index (κ2) is 7.26. The molecule has 110 valence electrons. The van der Waals surface area contributed by atoms with E-state index in [2.05, 4.69) is 5.32 Å². The Bertz CT molecular complexity index is 449. The van der Waals surface area contributed by atoms with Crippen LogP contribution in [0.25, 0.3) is 0 Å². The summed E-state index contributed by atoms with van der Waals surface area (Å²) in [6.07, 6.45) is 2.92. The van der Waals surface area contributed by atoms with Crippen LogP contribution in [0.1, 0.15) is 29.6 Å². The van der Waals surface area contributed by atoms with Gasteiger partial charge in [0.25, 0.3) is 0 Å². The second-order valence-corrected chi connectivity index (χ2v) is 5.14. The Morgan fingerprint density at radius 3 is 2.95 bits per heavy atom. The van der Waals surface area contributed by atoms with Crippen molar-refractivity contribution in [3.8, 4) is 5.75 Å². The first kappa shape index (κ1) is 14.8. The first-order valence-corrected chi connectivity index (χ1v) is 7.02. The number of carbonyl (C=O) groups is 1. The van der Waals surface area contributed by atoms with Crippen LogP contribution in [-0.2, 0) is 0 Å². The van der Waals surface area contributed by atoms with E-state index in [1.54, 1.807) is 12.1 Å². The quantitative estimate of drug-likeness (QED) is 0.659. The fourth-order valence-corrected chi connectivity index (χ4v) is 2.50. The Labute approximate surface area is 118 Å². The van der Waals surface area contributed by atoms with Crippen LogP contribution in [0.2, 0.25) is 0 Å². The third-order valence-electron chi connectivity index (χ3n) is 3.65. The highest BCUT2D eigenvalue weighted by molar-refractivity contribution is 5.87. The normalized spacial score (nSPS) is 21.9. The van der Waals surface area contributed by atoms with Crippen molar-refractivity contribution in [2.45, 2.75) is 25.4 Å². The maximum atomic E-state index is 10.8. The molecule has 1 aliphatic rings. The highest BCUT2D eigenvalue weighted by Crippen LogP contribution is 2.24. The van der Waals surface area contributed by atoms with Gasteiger partial charge in [-0.05, 0) is 37.0 Å². The van der Waals surface area contributed by atoms with Crippen LogP contribution in [0, 0.1) is 5.92 Å². The van der Waals surface area contributed by atoms with E-state index < -0.39 is 5.97 Å². The van der Waals surface area contributed by atoms with E-state index >= 15 is 0 Å². The monoisotopic (exact) mass is 279 g/mol. The Morgan fingerprint density at radius 2 is 2.25 bits per heavy atom. The summed E-state index contributed by atoms with van der Waals surface area (Å²) in [6.45, 7) is 1.96. The van der Waals surface area contributed by atoms with E-state index in [0.29, 0.717) is 24.8 Å².